The molecule has 2 fully saturated rings. The van der Waals surface area contributed by atoms with Crippen LogP contribution in [0.5, 0.6) is 0 Å². The van der Waals surface area contributed by atoms with Gasteiger partial charge in [0.15, 0.2) is 5.78 Å². The molecular weight excluding hydrogens is 429 g/mol. The van der Waals surface area contributed by atoms with Gasteiger partial charge in [-0.1, -0.05) is 12.8 Å². The topological polar surface area (TPSA) is 62.6 Å². The van der Waals surface area contributed by atoms with Gasteiger partial charge in [0.2, 0.25) is 10.0 Å². The summed E-state index contributed by atoms with van der Waals surface area (Å²) in [5.74, 6) is -0.326. The molecule has 32 heavy (non-hydrogen) atoms. The van der Waals surface area contributed by atoms with Gasteiger partial charge < -0.3 is 4.57 Å². The number of carbonyl (C=O) groups excluding carboxylic acids is 1. The Hall–Kier alpha value is -2.03. The van der Waals surface area contributed by atoms with E-state index in [0.717, 1.165) is 17.0 Å². The number of halogens is 1. The van der Waals surface area contributed by atoms with E-state index < -0.39 is 15.8 Å². The number of piperazine rings is 1. The van der Waals surface area contributed by atoms with Crippen LogP contribution in [-0.2, 0) is 10.0 Å². The molecule has 0 unspecified atom stereocenters. The molecule has 0 spiro atoms. The van der Waals surface area contributed by atoms with E-state index in [2.05, 4.69) is 11.5 Å². The maximum atomic E-state index is 13.5. The van der Waals surface area contributed by atoms with Gasteiger partial charge in [-0.05, 0) is 63.4 Å². The molecule has 2 aliphatic rings. The second-order valence-corrected chi connectivity index (χ2v) is 11.0. The first-order valence-electron chi connectivity index (χ1n) is 11.4. The first-order valence-corrected chi connectivity index (χ1v) is 12.8. The number of carbonyl (C=O) groups is 1. The molecule has 0 bridgehead atoms. The molecule has 0 amide bonds. The van der Waals surface area contributed by atoms with Crippen molar-refractivity contribution in [3.8, 4) is 0 Å². The second kappa shape index (κ2) is 9.08. The van der Waals surface area contributed by atoms with Crippen molar-refractivity contribution in [3.05, 3.63) is 52.6 Å². The Kier molecular flexibility index (Phi) is 6.56. The molecule has 0 radical (unpaired) electrons. The minimum Gasteiger partial charge on any atom is -0.345 e. The molecule has 2 aromatic rings. The molecule has 1 saturated heterocycles. The lowest BCUT2D eigenvalue weighted by molar-refractivity contribution is 0.0901. The van der Waals surface area contributed by atoms with Crippen LogP contribution in [0.15, 0.2) is 29.2 Å². The Morgan fingerprint density at radius 3 is 2.31 bits per heavy atom. The predicted molar refractivity (Wildman–Crippen MR) is 122 cm³/mol. The summed E-state index contributed by atoms with van der Waals surface area (Å²) in [6, 6.07) is 6.39. The standard InChI is InChI=1S/C24H32FN3O3S/c1-17-14-21(8-9-23(17)25)32(30,31)27-12-10-26(11-13-27)16-24(29)22-15-18(2)28(19(22)3)20-6-4-5-7-20/h8-9,14-15,20H,4-7,10-13,16H2,1-3H3. The summed E-state index contributed by atoms with van der Waals surface area (Å²) in [4.78, 5) is 15.2. The minimum atomic E-state index is -3.67. The molecule has 6 nitrogen and oxygen atoms in total. The fraction of sp³-hybridized carbons (Fsp3) is 0.542. The highest BCUT2D eigenvalue weighted by atomic mass is 32.2. The van der Waals surface area contributed by atoms with E-state index in [0.29, 0.717) is 44.3 Å². The number of hydrogen-bond acceptors (Lipinski definition) is 4. The number of Topliss-reactive ketones (excluding diaryl/α,β-unsaturated/α-hetero) is 1. The molecule has 8 heteroatoms. The van der Waals surface area contributed by atoms with Gasteiger partial charge in [-0.3, -0.25) is 9.69 Å². The van der Waals surface area contributed by atoms with Crippen molar-refractivity contribution in [1.29, 1.82) is 0 Å². The highest BCUT2D eigenvalue weighted by molar-refractivity contribution is 7.89. The van der Waals surface area contributed by atoms with Gasteiger partial charge >= 0.3 is 0 Å². The van der Waals surface area contributed by atoms with Crippen molar-refractivity contribution in [2.45, 2.75) is 57.4 Å². The minimum absolute atomic E-state index is 0.0906. The number of rotatable bonds is 6. The summed E-state index contributed by atoms with van der Waals surface area (Å²) in [6.07, 6.45) is 4.84. The van der Waals surface area contributed by atoms with Crippen LogP contribution < -0.4 is 0 Å². The van der Waals surface area contributed by atoms with Gasteiger partial charge in [0.05, 0.1) is 11.4 Å². The second-order valence-electron chi connectivity index (χ2n) is 9.11. The van der Waals surface area contributed by atoms with Crippen LogP contribution in [0.1, 0.15) is 59.0 Å². The maximum Gasteiger partial charge on any atom is 0.243 e. The Labute approximate surface area is 190 Å². The zero-order valence-electron chi connectivity index (χ0n) is 19.1. The number of ketones is 1. The quantitative estimate of drug-likeness (QED) is 0.613. The Bertz CT molecular complexity index is 1110. The van der Waals surface area contributed by atoms with Crippen molar-refractivity contribution in [2.75, 3.05) is 32.7 Å². The molecule has 1 aromatic heterocycles. The van der Waals surface area contributed by atoms with E-state index in [1.807, 2.05) is 17.9 Å². The van der Waals surface area contributed by atoms with Crippen LogP contribution in [0.25, 0.3) is 0 Å². The third-order valence-electron chi connectivity index (χ3n) is 6.94. The van der Waals surface area contributed by atoms with E-state index in [-0.39, 0.29) is 10.7 Å². The third-order valence-corrected chi connectivity index (χ3v) is 8.83. The van der Waals surface area contributed by atoms with E-state index >= 15 is 0 Å². The molecule has 0 N–H and O–H groups in total. The average molecular weight is 462 g/mol. The summed E-state index contributed by atoms with van der Waals surface area (Å²) in [7, 11) is -3.67. The zero-order valence-corrected chi connectivity index (χ0v) is 19.9. The van der Waals surface area contributed by atoms with Crippen LogP contribution in [-0.4, -0.2) is 60.7 Å². The van der Waals surface area contributed by atoms with Crippen LogP contribution in [0.2, 0.25) is 0 Å². The molecule has 1 aromatic carbocycles. The number of aryl methyl sites for hydroxylation is 2. The lowest BCUT2D eigenvalue weighted by atomic mass is 10.1. The smallest absolute Gasteiger partial charge is 0.243 e. The van der Waals surface area contributed by atoms with Crippen LogP contribution >= 0.6 is 0 Å². The van der Waals surface area contributed by atoms with Gasteiger partial charge in [-0.25, -0.2) is 12.8 Å². The molecular formula is C24H32FN3O3S. The Balaban J connectivity index is 1.39. The van der Waals surface area contributed by atoms with Crippen LogP contribution in [0.4, 0.5) is 4.39 Å². The van der Waals surface area contributed by atoms with Gasteiger partial charge in [0.1, 0.15) is 5.82 Å². The number of aromatic nitrogens is 1. The monoisotopic (exact) mass is 461 g/mol. The van der Waals surface area contributed by atoms with Gasteiger partial charge in [-0.15, -0.1) is 0 Å². The maximum absolute atomic E-state index is 13.5. The highest BCUT2D eigenvalue weighted by Crippen LogP contribution is 2.33. The van der Waals surface area contributed by atoms with E-state index in [9.17, 15) is 17.6 Å². The number of hydrogen-bond donors (Lipinski definition) is 0. The molecule has 1 aliphatic carbocycles. The average Bonchev–Trinajstić information content (AvgIpc) is 3.38. The molecule has 4 rings (SSSR count). The summed E-state index contributed by atoms with van der Waals surface area (Å²) in [6.45, 7) is 7.57. The zero-order chi connectivity index (χ0) is 23.0. The lowest BCUT2D eigenvalue weighted by Crippen LogP contribution is -2.49. The molecule has 2 heterocycles. The first kappa shape index (κ1) is 23.1. The molecule has 1 saturated carbocycles. The lowest BCUT2D eigenvalue weighted by Gasteiger charge is -2.33. The van der Waals surface area contributed by atoms with Gasteiger partial charge in [0, 0.05) is 49.2 Å². The fourth-order valence-electron chi connectivity index (χ4n) is 5.13. The summed E-state index contributed by atoms with van der Waals surface area (Å²) in [5, 5.41) is 0. The van der Waals surface area contributed by atoms with Gasteiger partial charge in [-0.2, -0.15) is 4.31 Å². The van der Waals surface area contributed by atoms with E-state index in [1.165, 1.54) is 48.2 Å². The van der Waals surface area contributed by atoms with Crippen molar-refractivity contribution in [2.24, 2.45) is 0 Å². The highest BCUT2D eigenvalue weighted by Gasteiger charge is 2.30. The fourth-order valence-corrected chi connectivity index (χ4v) is 6.63. The number of sulfonamides is 1. The third kappa shape index (κ3) is 4.40. The number of benzene rings is 1. The van der Waals surface area contributed by atoms with Crippen molar-refractivity contribution in [3.63, 3.8) is 0 Å². The van der Waals surface area contributed by atoms with E-state index in [4.69, 9.17) is 0 Å². The van der Waals surface area contributed by atoms with Gasteiger partial charge in [0.25, 0.3) is 0 Å². The van der Waals surface area contributed by atoms with Crippen molar-refractivity contribution in [1.82, 2.24) is 13.8 Å². The predicted octanol–water partition coefficient (Wildman–Crippen LogP) is 3.86. The first-order chi connectivity index (χ1) is 15.2. The van der Waals surface area contributed by atoms with Crippen molar-refractivity contribution >= 4 is 15.8 Å². The largest absolute Gasteiger partial charge is 0.345 e. The number of nitrogens with zero attached hydrogens (tertiary/aromatic N) is 3. The van der Waals surface area contributed by atoms with Crippen LogP contribution in [0, 0.1) is 26.6 Å². The van der Waals surface area contributed by atoms with E-state index in [1.54, 1.807) is 6.92 Å². The molecule has 1 aliphatic heterocycles. The molecule has 174 valence electrons. The summed E-state index contributed by atoms with van der Waals surface area (Å²) in [5.41, 5.74) is 3.28. The normalized spacial score (nSPS) is 19.0. The molecule has 0 atom stereocenters. The SMILES string of the molecule is Cc1cc(S(=O)(=O)N2CCN(CC(=O)c3cc(C)n(C4CCCC4)c3C)CC2)ccc1F. The van der Waals surface area contributed by atoms with Crippen LogP contribution in [0.3, 0.4) is 0 Å². The summed E-state index contributed by atoms with van der Waals surface area (Å²) >= 11 is 0. The Morgan fingerprint density at radius 2 is 1.69 bits per heavy atom. The summed E-state index contributed by atoms with van der Waals surface area (Å²) < 4.78 is 43.1. The van der Waals surface area contributed by atoms with Crippen molar-refractivity contribution < 1.29 is 17.6 Å². The Morgan fingerprint density at radius 1 is 1.03 bits per heavy atom.